The minimum absolute atomic E-state index is 0.0776. The highest BCUT2D eigenvalue weighted by atomic mass is 16.3. The van der Waals surface area contributed by atoms with E-state index < -0.39 is 0 Å². The van der Waals surface area contributed by atoms with Gasteiger partial charge in [0.1, 0.15) is 0 Å². The lowest BCUT2D eigenvalue weighted by Crippen LogP contribution is -2.48. The van der Waals surface area contributed by atoms with E-state index in [1.165, 1.54) is 0 Å². The highest BCUT2D eigenvalue weighted by Crippen LogP contribution is 2.19. The van der Waals surface area contributed by atoms with Crippen LogP contribution in [0.2, 0.25) is 0 Å². The maximum atomic E-state index is 12.3. The van der Waals surface area contributed by atoms with Gasteiger partial charge in [-0.2, -0.15) is 5.10 Å². The van der Waals surface area contributed by atoms with Crippen LogP contribution < -0.4 is 0 Å². The van der Waals surface area contributed by atoms with Crippen molar-refractivity contribution in [2.24, 2.45) is 0 Å². The molecule has 1 aromatic rings. The molecule has 18 heavy (non-hydrogen) atoms. The molecule has 1 fully saturated rings. The summed E-state index contributed by atoms with van der Waals surface area (Å²) in [7, 11) is 0. The zero-order chi connectivity index (χ0) is 13.3. The molecule has 1 aliphatic rings. The quantitative estimate of drug-likeness (QED) is 0.822. The fourth-order valence-electron chi connectivity index (χ4n) is 2.52. The van der Waals surface area contributed by atoms with Gasteiger partial charge in [0, 0.05) is 23.8 Å². The Morgan fingerprint density at radius 1 is 1.50 bits per heavy atom. The van der Waals surface area contributed by atoms with E-state index in [1.54, 1.807) is 4.90 Å². The Morgan fingerprint density at radius 3 is 2.83 bits per heavy atom. The first-order valence-electron chi connectivity index (χ1n) is 6.47. The number of carbonyl (C=O) groups is 1. The first kappa shape index (κ1) is 13.1. The fraction of sp³-hybridized carbons (Fsp3) is 0.692. The summed E-state index contributed by atoms with van der Waals surface area (Å²) in [6, 6.07) is 0.216. The van der Waals surface area contributed by atoms with Gasteiger partial charge in [-0.25, -0.2) is 0 Å². The Labute approximate surface area is 107 Å². The van der Waals surface area contributed by atoms with Crippen molar-refractivity contribution >= 4 is 5.91 Å². The van der Waals surface area contributed by atoms with Crippen LogP contribution in [0.25, 0.3) is 0 Å². The number of β-amino-alcohol motifs (C(OH)–C–C–N with tert-alkyl or cyclic N) is 1. The molecule has 0 spiro atoms. The predicted molar refractivity (Wildman–Crippen MR) is 68.2 cm³/mol. The minimum atomic E-state index is -0.378. The van der Waals surface area contributed by atoms with Crippen LogP contribution in [-0.4, -0.2) is 44.8 Å². The van der Waals surface area contributed by atoms with Crippen LogP contribution in [0, 0.1) is 13.8 Å². The zero-order valence-electron chi connectivity index (χ0n) is 11.2. The van der Waals surface area contributed by atoms with Gasteiger partial charge in [-0.15, -0.1) is 0 Å². The Balaban J connectivity index is 2.07. The predicted octanol–water partition coefficient (Wildman–Crippen LogP) is 0.941. The number of H-pyrrole nitrogens is 1. The Kier molecular flexibility index (Phi) is 3.71. The van der Waals surface area contributed by atoms with Gasteiger partial charge in [-0.3, -0.25) is 9.89 Å². The second kappa shape index (κ2) is 5.10. The van der Waals surface area contributed by atoms with Crippen molar-refractivity contribution in [3.05, 3.63) is 17.0 Å². The van der Waals surface area contributed by atoms with Crippen molar-refractivity contribution in [1.29, 1.82) is 0 Å². The van der Waals surface area contributed by atoms with Gasteiger partial charge in [-0.1, -0.05) is 0 Å². The summed E-state index contributed by atoms with van der Waals surface area (Å²) in [6.07, 6.45) is 1.65. The largest absolute Gasteiger partial charge is 0.391 e. The second-order valence-electron chi connectivity index (χ2n) is 5.22. The molecule has 2 rings (SSSR count). The maximum absolute atomic E-state index is 12.3. The molecule has 0 aliphatic carbocycles. The molecule has 0 bridgehead atoms. The summed E-state index contributed by atoms with van der Waals surface area (Å²) in [5.41, 5.74) is 2.81. The van der Waals surface area contributed by atoms with Crippen LogP contribution >= 0.6 is 0 Å². The van der Waals surface area contributed by atoms with Crippen LogP contribution in [-0.2, 0) is 11.2 Å². The lowest BCUT2D eigenvalue weighted by molar-refractivity contribution is -0.136. The molecule has 100 valence electrons. The maximum Gasteiger partial charge on any atom is 0.227 e. The van der Waals surface area contributed by atoms with Gasteiger partial charge < -0.3 is 10.0 Å². The van der Waals surface area contributed by atoms with E-state index in [4.69, 9.17) is 0 Å². The van der Waals surface area contributed by atoms with Gasteiger partial charge in [0.25, 0.3) is 0 Å². The minimum Gasteiger partial charge on any atom is -0.391 e. The van der Waals surface area contributed by atoms with Crippen LogP contribution in [0.5, 0.6) is 0 Å². The summed E-state index contributed by atoms with van der Waals surface area (Å²) < 4.78 is 0. The molecular formula is C13H21N3O2. The number of nitrogens with one attached hydrogen (secondary N) is 1. The van der Waals surface area contributed by atoms with Gasteiger partial charge in [0.15, 0.2) is 0 Å². The Morgan fingerprint density at radius 2 is 2.22 bits per heavy atom. The molecule has 2 heterocycles. The monoisotopic (exact) mass is 251 g/mol. The number of hydrogen-bond acceptors (Lipinski definition) is 3. The van der Waals surface area contributed by atoms with E-state index in [1.807, 2.05) is 20.8 Å². The molecule has 5 nitrogen and oxygen atoms in total. The van der Waals surface area contributed by atoms with E-state index in [2.05, 4.69) is 10.2 Å². The summed E-state index contributed by atoms with van der Waals surface area (Å²) in [5.74, 6) is 0.0776. The summed E-state index contributed by atoms with van der Waals surface area (Å²) in [6.45, 7) is 6.33. The smallest absolute Gasteiger partial charge is 0.227 e. The van der Waals surface area contributed by atoms with E-state index in [9.17, 15) is 9.90 Å². The summed E-state index contributed by atoms with van der Waals surface area (Å²) in [5, 5.41) is 16.7. The van der Waals surface area contributed by atoms with Gasteiger partial charge >= 0.3 is 0 Å². The third kappa shape index (κ3) is 2.56. The van der Waals surface area contributed by atoms with Gasteiger partial charge in [0.05, 0.1) is 18.2 Å². The molecular weight excluding hydrogens is 230 g/mol. The number of aliphatic hydroxyl groups excluding tert-OH is 1. The summed E-state index contributed by atoms with van der Waals surface area (Å²) >= 11 is 0. The van der Waals surface area contributed by atoms with Crippen molar-refractivity contribution < 1.29 is 9.90 Å². The van der Waals surface area contributed by atoms with Crippen LogP contribution in [0.15, 0.2) is 0 Å². The molecule has 2 unspecified atom stereocenters. The number of amides is 1. The SMILES string of the molecule is Cc1n[nH]c(C)c1CC(=O)N1CC(O)CCC1C. The van der Waals surface area contributed by atoms with Gasteiger partial charge in [-0.05, 0) is 33.6 Å². The number of likely N-dealkylation sites (tertiary alicyclic amines) is 1. The first-order valence-corrected chi connectivity index (χ1v) is 6.47. The standard InChI is InChI=1S/C13H21N3O2/c1-8-4-5-11(17)7-16(8)13(18)6-12-9(2)14-15-10(12)3/h8,11,17H,4-7H2,1-3H3,(H,14,15). The van der Waals surface area contributed by atoms with Crippen molar-refractivity contribution in [3.63, 3.8) is 0 Å². The molecule has 5 heteroatoms. The van der Waals surface area contributed by atoms with E-state index in [-0.39, 0.29) is 18.1 Å². The number of rotatable bonds is 2. The number of piperidine rings is 1. The topological polar surface area (TPSA) is 69.2 Å². The number of hydrogen-bond donors (Lipinski definition) is 2. The molecule has 0 aromatic carbocycles. The molecule has 1 aliphatic heterocycles. The fourth-order valence-corrected chi connectivity index (χ4v) is 2.52. The van der Waals surface area contributed by atoms with Crippen LogP contribution in [0.3, 0.4) is 0 Å². The molecule has 2 atom stereocenters. The Hall–Kier alpha value is -1.36. The average molecular weight is 251 g/mol. The average Bonchev–Trinajstić information content (AvgIpc) is 2.64. The molecule has 2 N–H and O–H groups in total. The number of aryl methyl sites for hydroxylation is 2. The van der Waals surface area contributed by atoms with Crippen molar-refractivity contribution in [2.45, 2.75) is 52.2 Å². The zero-order valence-corrected chi connectivity index (χ0v) is 11.2. The molecule has 1 aromatic heterocycles. The second-order valence-corrected chi connectivity index (χ2v) is 5.22. The molecule has 0 radical (unpaired) electrons. The first-order chi connectivity index (χ1) is 8.49. The van der Waals surface area contributed by atoms with Gasteiger partial charge in [0.2, 0.25) is 5.91 Å². The van der Waals surface area contributed by atoms with Crippen molar-refractivity contribution in [1.82, 2.24) is 15.1 Å². The number of carbonyl (C=O) groups excluding carboxylic acids is 1. The van der Waals surface area contributed by atoms with Crippen LogP contribution in [0.1, 0.15) is 36.7 Å². The van der Waals surface area contributed by atoms with Crippen molar-refractivity contribution in [2.75, 3.05) is 6.54 Å². The van der Waals surface area contributed by atoms with Crippen LogP contribution in [0.4, 0.5) is 0 Å². The third-order valence-electron chi connectivity index (χ3n) is 3.79. The van der Waals surface area contributed by atoms with Crippen molar-refractivity contribution in [3.8, 4) is 0 Å². The molecule has 1 saturated heterocycles. The number of aliphatic hydroxyl groups is 1. The molecule has 0 saturated carbocycles. The van der Waals surface area contributed by atoms with E-state index >= 15 is 0 Å². The third-order valence-corrected chi connectivity index (χ3v) is 3.79. The number of aromatic nitrogens is 2. The van der Waals surface area contributed by atoms with E-state index in [0.29, 0.717) is 13.0 Å². The lowest BCUT2D eigenvalue weighted by Gasteiger charge is -2.36. The highest BCUT2D eigenvalue weighted by molar-refractivity contribution is 5.79. The molecule has 1 amide bonds. The number of aromatic amines is 1. The number of nitrogens with zero attached hydrogens (tertiary/aromatic N) is 2. The Bertz CT molecular complexity index is 422. The lowest BCUT2D eigenvalue weighted by atomic mass is 10.00. The summed E-state index contributed by atoms with van der Waals surface area (Å²) in [4.78, 5) is 14.1. The normalized spacial score (nSPS) is 24.3. The van der Waals surface area contributed by atoms with E-state index in [0.717, 1.165) is 29.8 Å². The highest BCUT2D eigenvalue weighted by Gasteiger charge is 2.28.